The molecule has 0 radical (unpaired) electrons. The van der Waals surface area contributed by atoms with E-state index >= 15 is 0 Å². The fourth-order valence-electron chi connectivity index (χ4n) is 1.38. The summed E-state index contributed by atoms with van der Waals surface area (Å²) in [4.78, 5) is 4.47. The predicted molar refractivity (Wildman–Crippen MR) is 60.5 cm³/mol. The minimum absolute atomic E-state index is 0.556. The second-order valence-electron chi connectivity index (χ2n) is 4.54. The topological polar surface area (TPSA) is 17.8 Å². The van der Waals surface area contributed by atoms with Crippen molar-refractivity contribution in [2.75, 3.05) is 0 Å². The van der Waals surface area contributed by atoms with Gasteiger partial charge in [0.05, 0.1) is 12.0 Å². The number of aromatic nitrogens is 2. The molecular weight excluding hydrogens is 172 g/mol. The van der Waals surface area contributed by atoms with E-state index in [1.807, 2.05) is 6.33 Å². The van der Waals surface area contributed by atoms with Gasteiger partial charge in [0.15, 0.2) is 0 Å². The Balaban J connectivity index is 2.77. The second kappa shape index (κ2) is 4.63. The lowest BCUT2D eigenvalue weighted by Crippen LogP contribution is -2.03. The molecule has 0 aromatic carbocycles. The van der Waals surface area contributed by atoms with Crippen LogP contribution in [0.4, 0.5) is 0 Å². The van der Waals surface area contributed by atoms with Crippen molar-refractivity contribution in [3.05, 3.63) is 18.2 Å². The molecule has 0 aliphatic carbocycles. The Labute approximate surface area is 87.4 Å². The molecule has 1 heterocycles. The highest BCUT2D eigenvalue weighted by atomic mass is 15.1. The third-order valence-electron chi connectivity index (χ3n) is 3.19. The Morgan fingerprint density at radius 3 is 2.43 bits per heavy atom. The normalized spacial score (nSPS) is 15.9. The molecule has 1 aromatic rings. The molecule has 0 bridgehead atoms. The summed E-state index contributed by atoms with van der Waals surface area (Å²) in [6.07, 6.45) is 5.31. The van der Waals surface area contributed by atoms with E-state index < -0.39 is 0 Å². The molecular formula is C12H22N2. The summed E-state index contributed by atoms with van der Waals surface area (Å²) in [5, 5.41) is 0. The zero-order chi connectivity index (χ0) is 10.7. The van der Waals surface area contributed by atoms with Gasteiger partial charge in [-0.25, -0.2) is 4.98 Å². The molecule has 0 saturated carbocycles. The highest BCUT2D eigenvalue weighted by Crippen LogP contribution is 2.23. The van der Waals surface area contributed by atoms with Gasteiger partial charge in [-0.15, -0.1) is 0 Å². The van der Waals surface area contributed by atoms with E-state index in [-0.39, 0.29) is 0 Å². The maximum Gasteiger partial charge on any atom is 0.0952 e. The van der Waals surface area contributed by atoms with E-state index in [1.165, 1.54) is 5.69 Å². The number of rotatable bonds is 4. The van der Waals surface area contributed by atoms with Crippen molar-refractivity contribution in [1.29, 1.82) is 0 Å². The van der Waals surface area contributed by atoms with Gasteiger partial charge in [-0.2, -0.15) is 0 Å². The molecule has 1 aromatic heterocycles. The molecule has 1 rings (SSSR count). The van der Waals surface area contributed by atoms with Crippen molar-refractivity contribution in [2.24, 2.45) is 5.92 Å². The first-order valence-electron chi connectivity index (χ1n) is 5.59. The van der Waals surface area contributed by atoms with Crippen LogP contribution in [0, 0.1) is 5.92 Å². The van der Waals surface area contributed by atoms with Crippen LogP contribution < -0.4 is 0 Å². The summed E-state index contributed by atoms with van der Waals surface area (Å²) in [6.45, 7) is 11.2. The van der Waals surface area contributed by atoms with E-state index in [0.717, 1.165) is 6.42 Å². The minimum Gasteiger partial charge on any atom is -0.334 e. The summed E-state index contributed by atoms with van der Waals surface area (Å²) >= 11 is 0. The minimum atomic E-state index is 0.556. The lowest BCUT2D eigenvalue weighted by Gasteiger charge is -2.13. The van der Waals surface area contributed by atoms with Gasteiger partial charge >= 0.3 is 0 Å². The molecule has 2 nitrogen and oxygen atoms in total. The van der Waals surface area contributed by atoms with Gasteiger partial charge in [-0.3, -0.25) is 0 Å². The van der Waals surface area contributed by atoms with Crippen molar-refractivity contribution in [2.45, 2.75) is 53.0 Å². The molecule has 0 aliphatic heterocycles. The number of hydrogen-bond acceptors (Lipinski definition) is 1. The van der Waals surface area contributed by atoms with Crippen LogP contribution in [0.5, 0.6) is 0 Å². The highest BCUT2D eigenvalue weighted by Gasteiger charge is 2.13. The molecule has 2 unspecified atom stereocenters. The summed E-state index contributed by atoms with van der Waals surface area (Å²) in [5.41, 5.74) is 1.22. The highest BCUT2D eigenvalue weighted by molar-refractivity contribution is 5.05. The molecule has 2 heteroatoms. The smallest absolute Gasteiger partial charge is 0.0952 e. The van der Waals surface area contributed by atoms with Crippen molar-refractivity contribution in [3.8, 4) is 0 Å². The lowest BCUT2D eigenvalue weighted by atomic mass is 9.95. The van der Waals surface area contributed by atoms with Crippen molar-refractivity contribution in [1.82, 2.24) is 9.55 Å². The number of hydrogen-bond donors (Lipinski definition) is 0. The third-order valence-corrected chi connectivity index (χ3v) is 3.19. The van der Waals surface area contributed by atoms with E-state index in [4.69, 9.17) is 0 Å². The van der Waals surface area contributed by atoms with Gasteiger partial charge in [0.1, 0.15) is 0 Å². The lowest BCUT2D eigenvalue weighted by molar-refractivity contribution is 0.515. The summed E-state index contributed by atoms with van der Waals surface area (Å²) in [7, 11) is 0. The summed E-state index contributed by atoms with van der Waals surface area (Å²) in [5.74, 6) is 1.22. The Morgan fingerprint density at radius 2 is 1.93 bits per heavy atom. The van der Waals surface area contributed by atoms with Crippen molar-refractivity contribution >= 4 is 0 Å². The zero-order valence-corrected chi connectivity index (χ0v) is 9.99. The summed E-state index contributed by atoms with van der Waals surface area (Å²) < 4.78 is 2.22. The van der Waals surface area contributed by atoms with E-state index in [1.54, 1.807) is 0 Å². The molecule has 0 N–H and O–H groups in total. The molecule has 80 valence electrons. The van der Waals surface area contributed by atoms with Gasteiger partial charge in [0.25, 0.3) is 0 Å². The Bertz CT molecular complexity index is 276. The first kappa shape index (κ1) is 11.3. The monoisotopic (exact) mass is 194 g/mol. The standard InChI is InChI=1S/C12H22N2/c1-6-10(4)14-7-12(13-8-14)11(5)9(2)3/h7-11H,6H2,1-5H3. The van der Waals surface area contributed by atoms with E-state index in [9.17, 15) is 0 Å². The fraction of sp³-hybridized carbons (Fsp3) is 0.750. The fourth-order valence-corrected chi connectivity index (χ4v) is 1.38. The number of imidazole rings is 1. The van der Waals surface area contributed by atoms with Gasteiger partial charge < -0.3 is 4.57 Å². The Kier molecular flexibility index (Phi) is 3.73. The molecule has 0 saturated heterocycles. The van der Waals surface area contributed by atoms with Crippen molar-refractivity contribution in [3.63, 3.8) is 0 Å². The molecule has 14 heavy (non-hydrogen) atoms. The van der Waals surface area contributed by atoms with Crippen LogP contribution in [-0.2, 0) is 0 Å². The molecule has 0 spiro atoms. The van der Waals surface area contributed by atoms with Crippen LogP contribution in [0.25, 0.3) is 0 Å². The maximum atomic E-state index is 4.47. The van der Waals surface area contributed by atoms with Crippen LogP contribution in [-0.4, -0.2) is 9.55 Å². The van der Waals surface area contributed by atoms with Gasteiger partial charge in [0, 0.05) is 18.2 Å². The quantitative estimate of drug-likeness (QED) is 0.716. The second-order valence-corrected chi connectivity index (χ2v) is 4.54. The zero-order valence-electron chi connectivity index (χ0n) is 9.99. The van der Waals surface area contributed by atoms with Gasteiger partial charge in [0.2, 0.25) is 0 Å². The SMILES string of the molecule is CCC(C)n1cnc(C(C)C(C)C)c1. The number of nitrogens with zero attached hydrogens (tertiary/aromatic N) is 2. The summed E-state index contributed by atoms with van der Waals surface area (Å²) in [6, 6.07) is 0.565. The van der Waals surface area contributed by atoms with Crippen LogP contribution in [0.1, 0.15) is 58.7 Å². The predicted octanol–water partition coefficient (Wildman–Crippen LogP) is 3.61. The average molecular weight is 194 g/mol. The van der Waals surface area contributed by atoms with Gasteiger partial charge in [-0.05, 0) is 19.3 Å². The van der Waals surface area contributed by atoms with E-state index in [2.05, 4.69) is 50.4 Å². The first-order valence-corrected chi connectivity index (χ1v) is 5.59. The van der Waals surface area contributed by atoms with Crippen LogP contribution in [0.2, 0.25) is 0 Å². The average Bonchev–Trinajstić information content (AvgIpc) is 2.64. The Morgan fingerprint density at radius 1 is 1.29 bits per heavy atom. The first-order chi connectivity index (χ1) is 6.56. The Hall–Kier alpha value is -0.790. The van der Waals surface area contributed by atoms with Crippen LogP contribution in [0.15, 0.2) is 12.5 Å². The van der Waals surface area contributed by atoms with Crippen molar-refractivity contribution < 1.29 is 0 Å². The van der Waals surface area contributed by atoms with Crippen LogP contribution >= 0.6 is 0 Å². The molecule has 0 aliphatic rings. The van der Waals surface area contributed by atoms with E-state index in [0.29, 0.717) is 17.9 Å². The van der Waals surface area contributed by atoms with Crippen LogP contribution in [0.3, 0.4) is 0 Å². The largest absolute Gasteiger partial charge is 0.334 e. The van der Waals surface area contributed by atoms with Gasteiger partial charge in [-0.1, -0.05) is 27.7 Å². The molecule has 2 atom stereocenters. The maximum absolute atomic E-state index is 4.47. The molecule has 0 amide bonds. The molecule has 0 fully saturated rings. The third kappa shape index (κ3) is 2.37.